The van der Waals surface area contributed by atoms with Gasteiger partial charge in [-0.3, -0.25) is 9.59 Å². The zero-order valence-electron chi connectivity index (χ0n) is 7.93. The number of carbonyl (C=O) groups excluding carboxylic acids is 2. The normalized spacial score (nSPS) is 18.1. The van der Waals surface area contributed by atoms with Crippen LogP contribution in [0.1, 0.15) is 20.0 Å². The summed E-state index contributed by atoms with van der Waals surface area (Å²) in [5, 5.41) is 19.3. The number of rotatable bonds is 0. The van der Waals surface area contributed by atoms with Crippen LogP contribution in [0, 0.1) is 0 Å². The quantitative estimate of drug-likeness (QED) is 0.526. The van der Waals surface area contributed by atoms with Crippen molar-refractivity contribution in [3.8, 4) is 0 Å². The van der Waals surface area contributed by atoms with Crippen LogP contribution in [0.3, 0.4) is 0 Å². The van der Waals surface area contributed by atoms with E-state index in [0.29, 0.717) is 5.39 Å². The molecule has 16 heavy (non-hydrogen) atoms. The fourth-order valence-electron chi connectivity index (χ4n) is 1.87. The molecule has 3 rings (SSSR count). The van der Waals surface area contributed by atoms with Crippen molar-refractivity contribution in [1.29, 1.82) is 0 Å². The van der Waals surface area contributed by atoms with Gasteiger partial charge in [0.25, 0.3) is 5.79 Å². The molecule has 0 amide bonds. The maximum Gasteiger partial charge on any atom is 0.295 e. The number of thiophene rings is 1. The van der Waals surface area contributed by atoms with E-state index in [-0.39, 0.29) is 10.4 Å². The highest BCUT2D eigenvalue weighted by Crippen LogP contribution is 2.39. The van der Waals surface area contributed by atoms with Crippen molar-refractivity contribution >= 4 is 33.0 Å². The van der Waals surface area contributed by atoms with Gasteiger partial charge >= 0.3 is 0 Å². The van der Waals surface area contributed by atoms with E-state index in [4.69, 9.17) is 0 Å². The molecule has 0 bridgehead atoms. The van der Waals surface area contributed by atoms with Gasteiger partial charge in [-0.25, -0.2) is 0 Å². The summed E-state index contributed by atoms with van der Waals surface area (Å²) in [4.78, 5) is 23.4. The molecule has 5 heteroatoms. The van der Waals surface area contributed by atoms with Crippen LogP contribution in [0.15, 0.2) is 24.3 Å². The maximum absolute atomic E-state index is 11.7. The summed E-state index contributed by atoms with van der Waals surface area (Å²) in [5.74, 6) is -4.72. The first-order valence-corrected chi connectivity index (χ1v) is 5.41. The minimum Gasteiger partial charge on any atom is -0.353 e. The van der Waals surface area contributed by atoms with Gasteiger partial charge in [0.05, 0.1) is 10.4 Å². The predicted molar refractivity (Wildman–Crippen MR) is 57.7 cm³/mol. The van der Waals surface area contributed by atoms with Crippen LogP contribution < -0.4 is 0 Å². The maximum atomic E-state index is 11.7. The average molecular weight is 234 g/mol. The molecule has 0 unspecified atom stereocenters. The Morgan fingerprint density at radius 3 is 2.50 bits per heavy atom. The molecule has 80 valence electrons. The monoisotopic (exact) mass is 234 g/mol. The van der Waals surface area contributed by atoms with Crippen molar-refractivity contribution < 1.29 is 19.8 Å². The first-order valence-electron chi connectivity index (χ1n) is 4.59. The van der Waals surface area contributed by atoms with Crippen molar-refractivity contribution in [3.05, 3.63) is 34.7 Å². The van der Waals surface area contributed by atoms with Gasteiger partial charge in [0.2, 0.25) is 11.6 Å². The summed E-state index contributed by atoms with van der Waals surface area (Å²) in [6.45, 7) is 0. The van der Waals surface area contributed by atoms with Gasteiger partial charge in [-0.1, -0.05) is 18.2 Å². The molecule has 1 aliphatic carbocycles. The molecular weight excluding hydrogens is 228 g/mol. The van der Waals surface area contributed by atoms with Crippen LogP contribution in [0.4, 0.5) is 0 Å². The van der Waals surface area contributed by atoms with Crippen LogP contribution in [-0.2, 0) is 0 Å². The molecule has 4 nitrogen and oxygen atoms in total. The van der Waals surface area contributed by atoms with Crippen molar-refractivity contribution in [1.82, 2.24) is 0 Å². The minimum atomic E-state index is -2.87. The third-order valence-electron chi connectivity index (χ3n) is 2.66. The Hall–Kier alpha value is -1.56. The summed E-state index contributed by atoms with van der Waals surface area (Å²) in [6, 6.07) is 7.02. The van der Waals surface area contributed by atoms with E-state index in [1.54, 1.807) is 24.3 Å². The second-order valence-electron chi connectivity index (χ2n) is 3.63. The fraction of sp³-hybridized carbons (Fsp3) is 0.0909. The molecule has 1 aromatic carbocycles. The summed E-state index contributed by atoms with van der Waals surface area (Å²) < 4.78 is 0.796. The summed E-state index contributed by atoms with van der Waals surface area (Å²) in [6.07, 6.45) is 0. The van der Waals surface area contributed by atoms with Crippen LogP contribution in [0.2, 0.25) is 0 Å². The molecule has 0 spiro atoms. The molecular formula is C11H6O4S. The number of ketones is 2. The third-order valence-corrected chi connectivity index (χ3v) is 3.83. The Labute approximate surface area is 93.8 Å². The van der Waals surface area contributed by atoms with Crippen molar-refractivity contribution in [2.75, 3.05) is 0 Å². The number of Topliss-reactive ketones (excluding diaryl/α,β-unsaturated/α-hetero) is 2. The van der Waals surface area contributed by atoms with Crippen molar-refractivity contribution in [2.45, 2.75) is 5.79 Å². The zero-order chi connectivity index (χ0) is 11.5. The Morgan fingerprint density at radius 2 is 1.75 bits per heavy atom. The molecule has 2 N–H and O–H groups in total. The lowest BCUT2D eigenvalue weighted by Gasteiger charge is -2.09. The number of carbonyl (C=O) groups is 2. The lowest BCUT2D eigenvalue weighted by molar-refractivity contribution is -0.0855. The molecule has 0 fully saturated rings. The van der Waals surface area contributed by atoms with E-state index in [2.05, 4.69) is 0 Å². The SMILES string of the molecule is O=C1c2sc3ccccc3c2C(=O)C1(O)O. The lowest BCUT2D eigenvalue weighted by Crippen LogP contribution is -2.40. The lowest BCUT2D eigenvalue weighted by atomic mass is 10.1. The number of fused-ring (bicyclic) bond motifs is 3. The van der Waals surface area contributed by atoms with Gasteiger partial charge in [0, 0.05) is 10.1 Å². The largest absolute Gasteiger partial charge is 0.353 e. The standard InChI is InChI=1S/C11H6O4S/c12-9-7-5-3-1-2-4-6(5)16-8(7)10(13)11(9,14)15/h1-4,14-15H. The summed E-state index contributed by atoms with van der Waals surface area (Å²) >= 11 is 1.11. The van der Waals surface area contributed by atoms with E-state index in [0.717, 1.165) is 16.0 Å². The first-order chi connectivity index (χ1) is 7.53. The Bertz CT molecular complexity index is 638. The number of benzene rings is 1. The molecule has 2 aromatic rings. The fourth-order valence-corrected chi connectivity index (χ4v) is 3.05. The van der Waals surface area contributed by atoms with Gasteiger partial charge in [0.1, 0.15) is 0 Å². The molecule has 0 radical (unpaired) electrons. The van der Waals surface area contributed by atoms with Gasteiger partial charge in [-0.15, -0.1) is 11.3 Å². The second kappa shape index (κ2) is 2.76. The molecule has 0 saturated heterocycles. The van der Waals surface area contributed by atoms with Gasteiger partial charge in [0.15, 0.2) is 0 Å². The number of hydrogen-bond acceptors (Lipinski definition) is 5. The predicted octanol–water partition coefficient (Wildman–Crippen LogP) is 0.961. The first kappa shape index (κ1) is 9.65. The third kappa shape index (κ3) is 0.948. The summed E-state index contributed by atoms with van der Waals surface area (Å²) in [7, 11) is 0. The highest BCUT2D eigenvalue weighted by Gasteiger charge is 2.52. The van der Waals surface area contributed by atoms with Crippen LogP contribution in [0.5, 0.6) is 0 Å². The molecule has 1 heterocycles. The molecule has 0 saturated carbocycles. The molecule has 0 aliphatic heterocycles. The van der Waals surface area contributed by atoms with Gasteiger partial charge < -0.3 is 10.2 Å². The average Bonchev–Trinajstić information content (AvgIpc) is 2.71. The smallest absolute Gasteiger partial charge is 0.295 e. The van der Waals surface area contributed by atoms with Crippen molar-refractivity contribution in [3.63, 3.8) is 0 Å². The molecule has 1 aromatic heterocycles. The van der Waals surface area contributed by atoms with E-state index in [1.807, 2.05) is 0 Å². The van der Waals surface area contributed by atoms with Gasteiger partial charge in [-0.05, 0) is 6.07 Å². The van der Waals surface area contributed by atoms with E-state index < -0.39 is 17.4 Å². The molecule has 0 atom stereocenters. The Kier molecular flexibility index (Phi) is 1.67. The van der Waals surface area contributed by atoms with E-state index in [9.17, 15) is 19.8 Å². The van der Waals surface area contributed by atoms with Crippen LogP contribution in [0.25, 0.3) is 10.1 Å². The number of aliphatic hydroxyl groups is 2. The summed E-state index contributed by atoms with van der Waals surface area (Å²) in [5.41, 5.74) is 0.135. The Balaban J connectivity index is 2.43. The highest BCUT2D eigenvalue weighted by atomic mass is 32.1. The van der Waals surface area contributed by atoms with Crippen molar-refractivity contribution in [2.24, 2.45) is 0 Å². The zero-order valence-corrected chi connectivity index (χ0v) is 8.75. The number of hydrogen-bond donors (Lipinski definition) is 2. The highest BCUT2D eigenvalue weighted by molar-refractivity contribution is 7.21. The van der Waals surface area contributed by atoms with Crippen LogP contribution >= 0.6 is 11.3 Å². The van der Waals surface area contributed by atoms with E-state index in [1.165, 1.54) is 0 Å². The second-order valence-corrected chi connectivity index (χ2v) is 4.69. The Morgan fingerprint density at radius 1 is 1.06 bits per heavy atom. The van der Waals surface area contributed by atoms with Gasteiger partial charge in [-0.2, -0.15) is 0 Å². The molecule has 1 aliphatic rings. The van der Waals surface area contributed by atoms with E-state index >= 15 is 0 Å². The topological polar surface area (TPSA) is 74.6 Å². The minimum absolute atomic E-state index is 0.135. The van der Waals surface area contributed by atoms with Crippen LogP contribution in [-0.4, -0.2) is 27.6 Å².